The van der Waals surface area contributed by atoms with E-state index in [0.717, 1.165) is 10.8 Å². The molecule has 0 saturated carbocycles. The largest absolute Gasteiger partial charge is 0.493 e. The summed E-state index contributed by atoms with van der Waals surface area (Å²) in [6, 6.07) is 3.39. The minimum atomic E-state index is -0.248. The third kappa shape index (κ3) is 5.15. The molecule has 0 spiro atoms. The highest BCUT2D eigenvalue weighted by atomic mass is 16.5. The van der Waals surface area contributed by atoms with Gasteiger partial charge in [-0.15, -0.1) is 0 Å². The summed E-state index contributed by atoms with van der Waals surface area (Å²) >= 11 is 0. The van der Waals surface area contributed by atoms with E-state index in [9.17, 15) is 9.59 Å². The van der Waals surface area contributed by atoms with Gasteiger partial charge >= 0.3 is 12.0 Å². The van der Waals surface area contributed by atoms with Gasteiger partial charge in [0.05, 0.1) is 44.9 Å². The molecule has 1 aliphatic rings. The van der Waals surface area contributed by atoms with Gasteiger partial charge in [0.25, 0.3) is 0 Å². The molecule has 2 aromatic rings. The Kier molecular flexibility index (Phi) is 7.48. The Morgan fingerprint density at radius 3 is 2.32 bits per heavy atom. The Hall–Kier alpha value is -3.11. The molecule has 1 saturated heterocycles. The van der Waals surface area contributed by atoms with Crippen molar-refractivity contribution in [3.8, 4) is 11.5 Å². The number of piperazine rings is 1. The maximum Gasteiger partial charge on any atom is 0.321 e. The monoisotopic (exact) mass is 431 g/mol. The Morgan fingerprint density at radius 2 is 1.74 bits per heavy atom. The van der Waals surface area contributed by atoms with Crippen LogP contribution in [0.2, 0.25) is 0 Å². The average Bonchev–Trinajstić information content (AvgIpc) is 2.78. The van der Waals surface area contributed by atoms with Crippen LogP contribution in [0.25, 0.3) is 10.8 Å². The third-order valence-corrected chi connectivity index (χ3v) is 5.23. The number of carbonyl (C=O) groups is 2. The standard InChI is InChI=1S/C21H29N5O5/c1-4-31-20(27)13-25-5-7-26(8-6-25)21(28)24-17-12-23-16(11-22)14-9-18(29-2)19(30-3)10-15(14)17/h9-10,12H,4-8,11,13,22H2,1-3H3,(H,24,28). The van der Waals surface area contributed by atoms with Crippen LogP contribution in [0.15, 0.2) is 18.3 Å². The third-order valence-electron chi connectivity index (χ3n) is 5.23. The minimum Gasteiger partial charge on any atom is -0.493 e. The van der Waals surface area contributed by atoms with Crippen LogP contribution in [-0.2, 0) is 16.1 Å². The van der Waals surface area contributed by atoms with Gasteiger partial charge in [-0.1, -0.05) is 0 Å². The molecule has 0 atom stereocenters. The number of carbonyl (C=O) groups excluding carboxylic acids is 2. The zero-order chi connectivity index (χ0) is 22.4. The van der Waals surface area contributed by atoms with Crippen molar-refractivity contribution in [2.75, 3.05) is 58.9 Å². The lowest BCUT2D eigenvalue weighted by atomic mass is 10.1. The van der Waals surface area contributed by atoms with Gasteiger partial charge < -0.3 is 30.2 Å². The second-order valence-electron chi connectivity index (χ2n) is 7.07. The lowest BCUT2D eigenvalue weighted by Gasteiger charge is -2.34. The lowest BCUT2D eigenvalue weighted by Crippen LogP contribution is -2.51. The maximum absolute atomic E-state index is 12.9. The lowest BCUT2D eigenvalue weighted by molar-refractivity contribution is -0.144. The molecule has 0 unspecified atom stereocenters. The van der Waals surface area contributed by atoms with Crippen molar-refractivity contribution in [3.05, 3.63) is 24.0 Å². The van der Waals surface area contributed by atoms with E-state index in [4.69, 9.17) is 19.9 Å². The number of fused-ring (bicyclic) bond motifs is 1. The highest BCUT2D eigenvalue weighted by molar-refractivity contribution is 6.03. The number of nitrogens with two attached hydrogens (primary N) is 1. The maximum atomic E-state index is 12.9. The van der Waals surface area contributed by atoms with Crippen molar-refractivity contribution >= 4 is 28.5 Å². The number of urea groups is 1. The normalized spacial score (nSPS) is 14.4. The molecule has 3 rings (SSSR count). The van der Waals surface area contributed by atoms with Gasteiger partial charge in [-0.3, -0.25) is 14.7 Å². The number of nitrogens with zero attached hydrogens (tertiary/aromatic N) is 3. The fraction of sp³-hybridized carbons (Fsp3) is 0.476. The minimum absolute atomic E-state index is 0.228. The highest BCUT2D eigenvalue weighted by Gasteiger charge is 2.23. The topological polar surface area (TPSA) is 119 Å². The molecule has 10 nitrogen and oxygen atoms in total. The summed E-state index contributed by atoms with van der Waals surface area (Å²) in [7, 11) is 3.12. The zero-order valence-corrected chi connectivity index (χ0v) is 18.1. The summed E-state index contributed by atoms with van der Waals surface area (Å²) in [6.45, 7) is 4.85. The molecule has 1 aliphatic heterocycles. The number of ether oxygens (including phenoxy) is 3. The van der Waals surface area contributed by atoms with Crippen molar-refractivity contribution in [2.24, 2.45) is 5.73 Å². The summed E-state index contributed by atoms with van der Waals surface area (Å²) in [5.74, 6) is 0.863. The van der Waals surface area contributed by atoms with E-state index in [2.05, 4.69) is 10.3 Å². The first-order valence-electron chi connectivity index (χ1n) is 10.2. The Balaban J connectivity index is 1.74. The fourth-order valence-corrected chi connectivity index (χ4v) is 3.58. The molecule has 168 valence electrons. The van der Waals surface area contributed by atoms with Gasteiger partial charge in [0.2, 0.25) is 0 Å². The summed E-state index contributed by atoms with van der Waals surface area (Å²) in [5.41, 5.74) is 7.10. The Bertz CT molecular complexity index is 943. The quantitative estimate of drug-likeness (QED) is 0.632. The number of methoxy groups -OCH3 is 2. The molecule has 1 aromatic carbocycles. The first kappa shape index (κ1) is 22.6. The molecule has 10 heteroatoms. The molecule has 2 heterocycles. The summed E-state index contributed by atoms with van der Waals surface area (Å²) < 4.78 is 15.8. The molecular formula is C21H29N5O5. The smallest absolute Gasteiger partial charge is 0.321 e. The molecular weight excluding hydrogens is 402 g/mol. The molecule has 31 heavy (non-hydrogen) atoms. The number of esters is 1. The van der Waals surface area contributed by atoms with Gasteiger partial charge in [0.15, 0.2) is 11.5 Å². The van der Waals surface area contributed by atoms with Crippen LogP contribution in [-0.4, -0.2) is 80.3 Å². The molecule has 0 radical (unpaired) electrons. The van der Waals surface area contributed by atoms with E-state index in [1.807, 2.05) is 17.0 Å². The molecule has 2 amide bonds. The number of nitrogens with one attached hydrogen (secondary N) is 1. The van der Waals surface area contributed by atoms with E-state index < -0.39 is 0 Å². The molecule has 0 bridgehead atoms. The van der Waals surface area contributed by atoms with E-state index >= 15 is 0 Å². The van der Waals surface area contributed by atoms with E-state index in [0.29, 0.717) is 55.7 Å². The number of pyridine rings is 1. The number of amides is 2. The SMILES string of the molecule is CCOC(=O)CN1CCN(C(=O)Nc2cnc(CN)c3cc(OC)c(OC)cc23)CC1. The summed E-state index contributed by atoms with van der Waals surface area (Å²) in [6.07, 6.45) is 1.60. The van der Waals surface area contributed by atoms with Gasteiger partial charge in [-0.2, -0.15) is 0 Å². The second kappa shape index (κ2) is 10.3. The number of rotatable bonds is 7. The first-order chi connectivity index (χ1) is 15.0. The van der Waals surface area contributed by atoms with Crippen LogP contribution >= 0.6 is 0 Å². The van der Waals surface area contributed by atoms with Crippen molar-refractivity contribution in [3.63, 3.8) is 0 Å². The summed E-state index contributed by atoms with van der Waals surface area (Å²) in [5, 5.41) is 4.50. The number of anilines is 1. The van der Waals surface area contributed by atoms with Crippen LogP contribution < -0.4 is 20.5 Å². The number of benzene rings is 1. The molecule has 1 fully saturated rings. The first-order valence-corrected chi connectivity index (χ1v) is 10.2. The fourth-order valence-electron chi connectivity index (χ4n) is 3.58. The van der Waals surface area contributed by atoms with Crippen LogP contribution in [0.3, 0.4) is 0 Å². The van der Waals surface area contributed by atoms with Crippen LogP contribution in [0, 0.1) is 0 Å². The van der Waals surface area contributed by atoms with Gasteiger partial charge in [0.1, 0.15) is 0 Å². The van der Waals surface area contributed by atoms with Gasteiger partial charge in [0, 0.05) is 43.5 Å². The van der Waals surface area contributed by atoms with Gasteiger partial charge in [-0.25, -0.2) is 4.79 Å². The van der Waals surface area contributed by atoms with Crippen LogP contribution in [0.5, 0.6) is 11.5 Å². The van der Waals surface area contributed by atoms with Crippen LogP contribution in [0.4, 0.5) is 10.5 Å². The van der Waals surface area contributed by atoms with Crippen molar-refractivity contribution < 1.29 is 23.8 Å². The van der Waals surface area contributed by atoms with Crippen LogP contribution in [0.1, 0.15) is 12.6 Å². The Morgan fingerprint density at radius 1 is 1.10 bits per heavy atom. The molecule has 0 aliphatic carbocycles. The van der Waals surface area contributed by atoms with Crippen molar-refractivity contribution in [2.45, 2.75) is 13.5 Å². The summed E-state index contributed by atoms with van der Waals surface area (Å²) in [4.78, 5) is 32.6. The number of hydrogen-bond acceptors (Lipinski definition) is 8. The predicted molar refractivity (Wildman–Crippen MR) is 116 cm³/mol. The average molecular weight is 431 g/mol. The van der Waals surface area contributed by atoms with Gasteiger partial charge in [-0.05, 0) is 19.1 Å². The Labute approximate surface area is 181 Å². The predicted octanol–water partition coefficient (Wildman–Crippen LogP) is 1.42. The molecule has 1 aromatic heterocycles. The van der Waals surface area contributed by atoms with E-state index in [-0.39, 0.29) is 25.1 Å². The molecule has 3 N–H and O–H groups in total. The van der Waals surface area contributed by atoms with E-state index in [1.165, 1.54) is 0 Å². The van der Waals surface area contributed by atoms with E-state index in [1.54, 1.807) is 32.2 Å². The zero-order valence-electron chi connectivity index (χ0n) is 18.1. The number of aromatic nitrogens is 1. The highest BCUT2D eigenvalue weighted by Crippen LogP contribution is 2.36. The second-order valence-corrected chi connectivity index (χ2v) is 7.07. The number of hydrogen-bond donors (Lipinski definition) is 2. The van der Waals surface area contributed by atoms with Crippen molar-refractivity contribution in [1.29, 1.82) is 0 Å². The van der Waals surface area contributed by atoms with Crippen molar-refractivity contribution in [1.82, 2.24) is 14.8 Å².